The van der Waals surface area contributed by atoms with Crippen LogP contribution in [0.4, 0.5) is 0 Å². The molecule has 1 rings (SSSR count). The second-order valence-corrected chi connectivity index (χ2v) is 3.32. The Labute approximate surface area is 67.9 Å². The van der Waals surface area contributed by atoms with Crippen molar-refractivity contribution in [1.29, 1.82) is 0 Å². The highest BCUT2D eigenvalue weighted by Gasteiger charge is 2.17. The molecule has 1 N–H and O–H groups in total. The molecule has 0 bridgehead atoms. The summed E-state index contributed by atoms with van der Waals surface area (Å²) in [6.45, 7) is 2.30. The standard InChI is InChI=1S/C8H17NO2/c1-7-3-5-8(6-4-7)9-11-10-2/h7-9H,3-6H2,1-2H3. The fourth-order valence-corrected chi connectivity index (χ4v) is 1.49. The zero-order valence-corrected chi connectivity index (χ0v) is 7.30. The Morgan fingerprint density at radius 1 is 1.18 bits per heavy atom. The molecule has 1 aliphatic rings. The van der Waals surface area contributed by atoms with Crippen molar-refractivity contribution in [3.8, 4) is 0 Å². The largest absolute Gasteiger partial charge is 0.221 e. The summed E-state index contributed by atoms with van der Waals surface area (Å²) in [7, 11) is 1.51. The molecule has 0 atom stereocenters. The van der Waals surface area contributed by atoms with E-state index >= 15 is 0 Å². The van der Waals surface area contributed by atoms with Gasteiger partial charge in [0, 0.05) is 6.04 Å². The summed E-state index contributed by atoms with van der Waals surface area (Å²) in [6.07, 6.45) is 4.99. The van der Waals surface area contributed by atoms with Crippen molar-refractivity contribution in [2.45, 2.75) is 38.6 Å². The molecule has 0 saturated heterocycles. The maximum atomic E-state index is 4.66. The second kappa shape index (κ2) is 4.70. The van der Waals surface area contributed by atoms with Crippen molar-refractivity contribution in [3.63, 3.8) is 0 Å². The van der Waals surface area contributed by atoms with Crippen LogP contribution in [0.25, 0.3) is 0 Å². The highest BCUT2D eigenvalue weighted by Crippen LogP contribution is 2.23. The molecule has 1 fully saturated rings. The first-order valence-corrected chi connectivity index (χ1v) is 4.28. The van der Waals surface area contributed by atoms with Gasteiger partial charge < -0.3 is 0 Å². The van der Waals surface area contributed by atoms with Crippen LogP contribution in [-0.4, -0.2) is 13.2 Å². The van der Waals surface area contributed by atoms with E-state index in [2.05, 4.69) is 22.3 Å². The molecule has 0 aromatic heterocycles. The van der Waals surface area contributed by atoms with Crippen molar-refractivity contribution in [2.24, 2.45) is 5.92 Å². The summed E-state index contributed by atoms with van der Waals surface area (Å²) >= 11 is 0. The lowest BCUT2D eigenvalue weighted by Crippen LogP contribution is -2.32. The highest BCUT2D eigenvalue weighted by molar-refractivity contribution is 4.71. The fourth-order valence-electron chi connectivity index (χ4n) is 1.49. The van der Waals surface area contributed by atoms with Crippen LogP contribution in [0.1, 0.15) is 32.6 Å². The van der Waals surface area contributed by atoms with Gasteiger partial charge in [-0.15, -0.1) is 4.99 Å². The Kier molecular flexibility index (Phi) is 3.83. The minimum absolute atomic E-state index is 0.492. The summed E-state index contributed by atoms with van der Waals surface area (Å²) in [4.78, 5) is 9.12. The number of nitrogens with one attached hydrogen (secondary N) is 1. The first-order chi connectivity index (χ1) is 5.33. The quantitative estimate of drug-likeness (QED) is 0.501. The third-order valence-corrected chi connectivity index (χ3v) is 2.31. The van der Waals surface area contributed by atoms with Gasteiger partial charge in [0.15, 0.2) is 0 Å². The predicted molar refractivity (Wildman–Crippen MR) is 42.6 cm³/mol. The van der Waals surface area contributed by atoms with Gasteiger partial charge in [-0.05, 0) is 31.6 Å². The lowest BCUT2D eigenvalue weighted by Gasteiger charge is -2.25. The molecule has 3 nitrogen and oxygen atoms in total. The van der Waals surface area contributed by atoms with Gasteiger partial charge in [-0.3, -0.25) is 0 Å². The maximum Gasteiger partial charge on any atom is 0.0732 e. The number of hydrogen-bond acceptors (Lipinski definition) is 3. The molecular weight excluding hydrogens is 142 g/mol. The van der Waals surface area contributed by atoms with E-state index in [9.17, 15) is 0 Å². The van der Waals surface area contributed by atoms with Crippen molar-refractivity contribution in [3.05, 3.63) is 0 Å². The molecule has 0 amide bonds. The van der Waals surface area contributed by atoms with Gasteiger partial charge in [-0.2, -0.15) is 5.48 Å². The van der Waals surface area contributed by atoms with Gasteiger partial charge in [0.05, 0.1) is 7.11 Å². The molecule has 0 aliphatic heterocycles. The molecule has 0 unspecified atom stereocenters. The Morgan fingerprint density at radius 3 is 2.36 bits per heavy atom. The van der Waals surface area contributed by atoms with Gasteiger partial charge in [0.2, 0.25) is 0 Å². The molecule has 0 spiro atoms. The normalized spacial score (nSPS) is 32.2. The molecular formula is C8H17NO2. The molecule has 3 heteroatoms. The predicted octanol–water partition coefficient (Wildman–Crippen LogP) is 1.65. The minimum Gasteiger partial charge on any atom is -0.221 e. The Morgan fingerprint density at radius 2 is 1.82 bits per heavy atom. The van der Waals surface area contributed by atoms with Crippen LogP contribution in [0.5, 0.6) is 0 Å². The summed E-state index contributed by atoms with van der Waals surface area (Å²) in [6, 6.07) is 0.492. The molecule has 1 saturated carbocycles. The van der Waals surface area contributed by atoms with Gasteiger partial charge in [0.25, 0.3) is 0 Å². The van der Waals surface area contributed by atoms with E-state index in [0.717, 1.165) is 5.92 Å². The van der Waals surface area contributed by atoms with Crippen LogP contribution >= 0.6 is 0 Å². The van der Waals surface area contributed by atoms with Gasteiger partial charge >= 0.3 is 0 Å². The van der Waals surface area contributed by atoms with E-state index in [0.29, 0.717) is 6.04 Å². The molecule has 0 radical (unpaired) electrons. The van der Waals surface area contributed by atoms with Crippen LogP contribution in [0.3, 0.4) is 0 Å². The zero-order chi connectivity index (χ0) is 8.10. The summed E-state index contributed by atoms with van der Waals surface area (Å²) < 4.78 is 0. The number of rotatable bonds is 3. The summed E-state index contributed by atoms with van der Waals surface area (Å²) in [5.74, 6) is 0.885. The highest BCUT2D eigenvalue weighted by atomic mass is 17.3. The van der Waals surface area contributed by atoms with E-state index in [1.54, 1.807) is 0 Å². The average Bonchev–Trinajstić information content (AvgIpc) is 2.04. The second-order valence-electron chi connectivity index (χ2n) is 3.32. The van der Waals surface area contributed by atoms with Crippen LogP contribution in [0.2, 0.25) is 0 Å². The molecule has 0 heterocycles. The zero-order valence-electron chi connectivity index (χ0n) is 7.30. The van der Waals surface area contributed by atoms with Gasteiger partial charge in [0.1, 0.15) is 0 Å². The monoisotopic (exact) mass is 159 g/mol. The third-order valence-electron chi connectivity index (χ3n) is 2.31. The van der Waals surface area contributed by atoms with Crippen molar-refractivity contribution in [1.82, 2.24) is 5.48 Å². The Hall–Kier alpha value is -0.120. The van der Waals surface area contributed by atoms with Crippen molar-refractivity contribution in [2.75, 3.05) is 7.11 Å². The average molecular weight is 159 g/mol. The first-order valence-electron chi connectivity index (χ1n) is 4.28. The van der Waals surface area contributed by atoms with Crippen LogP contribution < -0.4 is 5.48 Å². The van der Waals surface area contributed by atoms with E-state index in [4.69, 9.17) is 0 Å². The summed E-state index contributed by atoms with van der Waals surface area (Å²) in [5.41, 5.74) is 2.87. The lowest BCUT2D eigenvalue weighted by molar-refractivity contribution is -0.325. The van der Waals surface area contributed by atoms with Crippen LogP contribution in [-0.2, 0) is 9.88 Å². The Balaban J connectivity index is 2.07. The minimum atomic E-state index is 0.492. The van der Waals surface area contributed by atoms with E-state index in [1.807, 2.05) is 0 Å². The number of hydrogen-bond donors (Lipinski definition) is 1. The smallest absolute Gasteiger partial charge is 0.0732 e. The summed E-state index contributed by atoms with van der Waals surface area (Å²) in [5, 5.41) is 0. The topological polar surface area (TPSA) is 30.5 Å². The molecule has 0 aromatic rings. The first kappa shape index (κ1) is 8.97. The van der Waals surface area contributed by atoms with E-state index < -0.39 is 0 Å². The Bertz CT molecular complexity index is 97.5. The van der Waals surface area contributed by atoms with Crippen molar-refractivity contribution >= 4 is 0 Å². The molecule has 66 valence electrons. The van der Waals surface area contributed by atoms with E-state index in [1.165, 1.54) is 32.8 Å². The third kappa shape index (κ3) is 3.18. The van der Waals surface area contributed by atoms with Crippen LogP contribution in [0.15, 0.2) is 0 Å². The fraction of sp³-hybridized carbons (Fsp3) is 1.00. The van der Waals surface area contributed by atoms with E-state index in [-0.39, 0.29) is 0 Å². The SMILES string of the molecule is COONC1CCC(C)CC1. The lowest BCUT2D eigenvalue weighted by atomic mass is 9.88. The van der Waals surface area contributed by atoms with Gasteiger partial charge in [-0.25, -0.2) is 4.89 Å². The molecule has 1 aliphatic carbocycles. The number of hydroxylamine groups is 1. The van der Waals surface area contributed by atoms with Crippen LogP contribution in [0, 0.1) is 5.92 Å². The molecule has 0 aromatic carbocycles. The van der Waals surface area contributed by atoms with Crippen molar-refractivity contribution < 1.29 is 9.88 Å². The maximum absolute atomic E-state index is 4.66. The molecule has 11 heavy (non-hydrogen) atoms. The van der Waals surface area contributed by atoms with Gasteiger partial charge in [-0.1, -0.05) is 6.92 Å².